The van der Waals surface area contributed by atoms with Crippen molar-refractivity contribution in [3.8, 4) is 32.8 Å². The summed E-state index contributed by atoms with van der Waals surface area (Å²) in [6, 6.07) is 70.4. The van der Waals surface area contributed by atoms with Crippen molar-refractivity contribution in [3.63, 3.8) is 0 Å². The van der Waals surface area contributed by atoms with Crippen LogP contribution in [0.15, 0.2) is 194 Å². The van der Waals surface area contributed by atoms with Gasteiger partial charge in [-0.25, -0.2) is 4.98 Å². The Kier molecular flexibility index (Phi) is 7.58. The Hall–Kier alpha value is -6.59. The van der Waals surface area contributed by atoms with Gasteiger partial charge in [0.25, 0.3) is 0 Å². The minimum atomic E-state index is 1.03. The second-order valence-electron chi connectivity index (χ2n) is 13.9. The van der Waals surface area contributed by atoms with Crippen LogP contribution in [0.1, 0.15) is 0 Å². The van der Waals surface area contributed by atoms with E-state index in [0.717, 1.165) is 33.1 Å². The third-order valence-electron chi connectivity index (χ3n) is 10.7. The summed E-state index contributed by atoms with van der Waals surface area (Å²) in [7, 11) is 0. The monoisotopic (exact) mass is 736 g/mol. The van der Waals surface area contributed by atoms with E-state index in [-0.39, 0.29) is 0 Å². The van der Waals surface area contributed by atoms with Crippen LogP contribution < -0.4 is 4.90 Å². The van der Waals surface area contributed by atoms with E-state index in [2.05, 4.69) is 199 Å². The highest BCUT2D eigenvalue weighted by Gasteiger charge is 2.19. The molecule has 11 rings (SSSR count). The van der Waals surface area contributed by atoms with Crippen LogP contribution in [0.3, 0.4) is 0 Å². The molecule has 0 aliphatic carbocycles. The van der Waals surface area contributed by atoms with E-state index in [0.29, 0.717) is 0 Å². The van der Waals surface area contributed by atoms with E-state index in [4.69, 9.17) is 4.98 Å². The largest absolute Gasteiger partial charge is 0.310 e. The van der Waals surface area contributed by atoms with Gasteiger partial charge in [-0.1, -0.05) is 146 Å². The molecule has 0 fully saturated rings. The van der Waals surface area contributed by atoms with Gasteiger partial charge < -0.3 is 4.90 Å². The topological polar surface area (TPSA) is 16.1 Å². The van der Waals surface area contributed by atoms with Crippen molar-refractivity contribution < 1.29 is 0 Å². The Morgan fingerprint density at radius 3 is 1.78 bits per heavy atom. The standard InChI is InChI=1S/C51H32N2S2/c1-3-12-33(13-4-1)36-16-9-18-39(30-36)53(40-19-10-17-37(31-40)38-25-28-43-42-20-7-8-23-47(42)54-48(43)32-38)46-22-11-21-44-41(46)27-24-34-26-29-45-50(49(34)44)55-51(52-45)35-14-5-2-6-15-35/h1-32H. The van der Waals surface area contributed by atoms with Crippen molar-refractivity contribution in [2.75, 3.05) is 4.90 Å². The van der Waals surface area contributed by atoms with Gasteiger partial charge in [0.05, 0.1) is 15.9 Å². The molecule has 0 bridgehead atoms. The van der Waals surface area contributed by atoms with Crippen LogP contribution in [0.5, 0.6) is 0 Å². The summed E-state index contributed by atoms with van der Waals surface area (Å²) in [5, 5.41) is 8.56. The Labute approximate surface area is 326 Å². The highest BCUT2D eigenvalue weighted by molar-refractivity contribution is 7.25. The average molecular weight is 737 g/mol. The maximum Gasteiger partial charge on any atom is 0.124 e. The number of hydrogen-bond acceptors (Lipinski definition) is 4. The van der Waals surface area contributed by atoms with Gasteiger partial charge in [-0.15, -0.1) is 22.7 Å². The Morgan fingerprint density at radius 2 is 0.982 bits per heavy atom. The van der Waals surface area contributed by atoms with E-state index in [1.165, 1.54) is 68.7 Å². The molecule has 0 saturated heterocycles. The molecule has 258 valence electrons. The fourth-order valence-corrected chi connectivity index (χ4v) is 10.3. The van der Waals surface area contributed by atoms with Crippen LogP contribution in [-0.4, -0.2) is 4.98 Å². The van der Waals surface area contributed by atoms with Gasteiger partial charge in [-0.05, 0) is 81.6 Å². The summed E-state index contributed by atoms with van der Waals surface area (Å²) in [6.45, 7) is 0. The van der Waals surface area contributed by atoms with Gasteiger partial charge in [-0.3, -0.25) is 0 Å². The Bertz CT molecular complexity index is 3220. The molecule has 11 aromatic rings. The number of rotatable bonds is 6. The molecule has 2 heterocycles. The maximum atomic E-state index is 5.11. The molecule has 0 spiro atoms. The van der Waals surface area contributed by atoms with Gasteiger partial charge >= 0.3 is 0 Å². The Morgan fingerprint density at radius 1 is 0.382 bits per heavy atom. The van der Waals surface area contributed by atoms with Gasteiger partial charge in [0, 0.05) is 47.9 Å². The number of fused-ring (bicyclic) bond motifs is 8. The SMILES string of the molecule is c1ccc(-c2cccc(N(c3cccc(-c4ccc5c(c4)sc4ccccc45)c3)c3cccc4c3ccc3ccc5nc(-c6ccccc6)sc5c34)c2)cc1. The van der Waals surface area contributed by atoms with E-state index in [1.807, 2.05) is 11.3 Å². The molecule has 0 amide bonds. The maximum absolute atomic E-state index is 5.11. The molecule has 4 heteroatoms. The third-order valence-corrected chi connectivity index (χ3v) is 12.9. The second kappa shape index (κ2) is 13.1. The smallest absolute Gasteiger partial charge is 0.124 e. The van der Waals surface area contributed by atoms with Crippen molar-refractivity contribution in [2.24, 2.45) is 0 Å². The number of aromatic nitrogens is 1. The van der Waals surface area contributed by atoms with Crippen LogP contribution in [0.4, 0.5) is 17.1 Å². The molecule has 0 atom stereocenters. The zero-order chi connectivity index (χ0) is 36.3. The summed E-state index contributed by atoms with van der Waals surface area (Å²) in [5.41, 5.74) is 10.3. The first-order valence-corrected chi connectivity index (χ1v) is 20.2. The minimum absolute atomic E-state index is 1.03. The van der Waals surface area contributed by atoms with E-state index in [1.54, 1.807) is 11.3 Å². The molecule has 0 N–H and O–H groups in total. The lowest BCUT2D eigenvalue weighted by Crippen LogP contribution is -2.10. The van der Waals surface area contributed by atoms with Gasteiger partial charge in [0.1, 0.15) is 5.01 Å². The minimum Gasteiger partial charge on any atom is -0.310 e. The zero-order valence-corrected chi connectivity index (χ0v) is 31.3. The molecule has 55 heavy (non-hydrogen) atoms. The fraction of sp³-hybridized carbons (Fsp3) is 0. The molecular formula is C51H32N2S2. The normalized spacial score (nSPS) is 11.6. The molecule has 2 aromatic heterocycles. The van der Waals surface area contributed by atoms with Crippen molar-refractivity contribution in [1.29, 1.82) is 0 Å². The molecule has 9 aromatic carbocycles. The molecule has 0 unspecified atom stereocenters. The van der Waals surface area contributed by atoms with Gasteiger partial charge in [0.2, 0.25) is 0 Å². The van der Waals surface area contributed by atoms with E-state index >= 15 is 0 Å². The molecule has 0 saturated carbocycles. The number of benzene rings is 9. The first-order valence-electron chi connectivity index (χ1n) is 18.5. The lowest BCUT2D eigenvalue weighted by Gasteiger charge is -2.28. The number of nitrogens with zero attached hydrogens (tertiary/aromatic N) is 2. The number of hydrogen-bond donors (Lipinski definition) is 0. The third kappa shape index (κ3) is 5.49. The molecule has 2 nitrogen and oxygen atoms in total. The summed E-state index contributed by atoms with van der Waals surface area (Å²) < 4.78 is 3.85. The van der Waals surface area contributed by atoms with Gasteiger partial charge in [-0.2, -0.15) is 0 Å². The summed E-state index contributed by atoms with van der Waals surface area (Å²) >= 11 is 3.64. The molecular weight excluding hydrogens is 705 g/mol. The molecule has 0 radical (unpaired) electrons. The van der Waals surface area contributed by atoms with Gasteiger partial charge in [0.15, 0.2) is 0 Å². The van der Waals surface area contributed by atoms with Crippen LogP contribution in [0.25, 0.3) is 84.8 Å². The quantitative estimate of drug-likeness (QED) is 0.158. The van der Waals surface area contributed by atoms with Crippen molar-refractivity contribution in [3.05, 3.63) is 194 Å². The number of anilines is 3. The first-order chi connectivity index (χ1) is 27.2. The highest BCUT2D eigenvalue weighted by atomic mass is 32.1. The first kappa shape index (κ1) is 31.9. The molecule has 0 aliphatic heterocycles. The van der Waals surface area contributed by atoms with E-state index < -0.39 is 0 Å². The predicted molar refractivity (Wildman–Crippen MR) is 239 cm³/mol. The van der Waals surface area contributed by atoms with Crippen LogP contribution in [0.2, 0.25) is 0 Å². The van der Waals surface area contributed by atoms with Crippen LogP contribution in [-0.2, 0) is 0 Å². The number of thiazole rings is 1. The highest BCUT2D eigenvalue weighted by Crippen LogP contribution is 2.45. The average Bonchev–Trinajstić information content (AvgIpc) is 3.86. The van der Waals surface area contributed by atoms with Crippen molar-refractivity contribution in [2.45, 2.75) is 0 Å². The lowest BCUT2D eigenvalue weighted by atomic mass is 9.98. The van der Waals surface area contributed by atoms with Crippen LogP contribution in [0, 0.1) is 0 Å². The lowest BCUT2D eigenvalue weighted by molar-refractivity contribution is 1.30. The zero-order valence-electron chi connectivity index (χ0n) is 29.7. The summed E-state index contributed by atoms with van der Waals surface area (Å²) in [6.07, 6.45) is 0. The summed E-state index contributed by atoms with van der Waals surface area (Å²) in [4.78, 5) is 7.54. The predicted octanol–water partition coefficient (Wildman–Crippen LogP) is 15.4. The van der Waals surface area contributed by atoms with Crippen molar-refractivity contribution in [1.82, 2.24) is 4.98 Å². The van der Waals surface area contributed by atoms with E-state index in [9.17, 15) is 0 Å². The number of thiophene rings is 1. The Balaban J connectivity index is 1.12. The molecule has 0 aliphatic rings. The van der Waals surface area contributed by atoms with Crippen LogP contribution >= 0.6 is 22.7 Å². The van der Waals surface area contributed by atoms with Crippen molar-refractivity contribution >= 4 is 91.7 Å². The second-order valence-corrected chi connectivity index (χ2v) is 16.0. The fourth-order valence-electron chi connectivity index (χ4n) is 8.05. The summed E-state index contributed by atoms with van der Waals surface area (Å²) in [5.74, 6) is 0.